The minimum absolute atomic E-state index is 0.00264. The van der Waals surface area contributed by atoms with Crippen LogP contribution in [-0.4, -0.2) is 46.3 Å². The van der Waals surface area contributed by atoms with E-state index in [1.165, 1.54) is 0 Å². The van der Waals surface area contributed by atoms with Crippen molar-refractivity contribution in [3.8, 4) is 0 Å². The Morgan fingerprint density at radius 3 is 2.72 bits per heavy atom. The first kappa shape index (κ1) is 13.7. The van der Waals surface area contributed by atoms with Crippen LogP contribution in [0.3, 0.4) is 0 Å². The third kappa shape index (κ3) is 2.66. The smallest absolute Gasteiger partial charge is 0.246 e. The average Bonchev–Trinajstić information content (AvgIpc) is 2.79. The number of thioether (sulfide) groups is 1. The molecule has 0 radical (unpaired) electrons. The minimum Gasteiger partial charge on any atom is -0.343 e. The summed E-state index contributed by atoms with van der Waals surface area (Å²) in [5.74, 6) is 2.59. The van der Waals surface area contributed by atoms with Crippen LogP contribution in [0.15, 0.2) is 0 Å². The van der Waals surface area contributed by atoms with E-state index in [2.05, 4.69) is 19.2 Å². The van der Waals surface area contributed by atoms with Crippen molar-refractivity contribution in [2.24, 2.45) is 5.92 Å². The van der Waals surface area contributed by atoms with Crippen LogP contribution in [0.4, 0.5) is 0 Å². The summed E-state index contributed by atoms with van der Waals surface area (Å²) < 4.78 is 0. The first-order chi connectivity index (χ1) is 8.50. The summed E-state index contributed by atoms with van der Waals surface area (Å²) in [5, 5.41) is 2.86. The van der Waals surface area contributed by atoms with E-state index in [1.54, 1.807) is 0 Å². The number of hydrogen-bond donors (Lipinski definition) is 1. The van der Waals surface area contributed by atoms with Crippen molar-refractivity contribution in [1.29, 1.82) is 0 Å². The molecule has 0 aliphatic carbocycles. The van der Waals surface area contributed by atoms with Crippen LogP contribution in [0.1, 0.15) is 33.6 Å². The van der Waals surface area contributed by atoms with Crippen molar-refractivity contribution in [1.82, 2.24) is 10.2 Å². The first-order valence-corrected chi connectivity index (χ1v) is 7.86. The van der Waals surface area contributed by atoms with E-state index < -0.39 is 0 Å². The molecular weight excluding hydrogens is 248 g/mol. The van der Waals surface area contributed by atoms with E-state index in [1.807, 2.05) is 23.6 Å². The van der Waals surface area contributed by atoms with E-state index >= 15 is 0 Å². The molecule has 18 heavy (non-hydrogen) atoms. The predicted octanol–water partition coefficient (Wildman–Crippen LogP) is 1.25. The number of hydrogen-bond acceptors (Lipinski definition) is 3. The largest absolute Gasteiger partial charge is 0.343 e. The zero-order chi connectivity index (χ0) is 13.3. The number of carbonyl (C=O) groups excluding carboxylic acids is 2. The highest BCUT2D eigenvalue weighted by Crippen LogP contribution is 2.27. The third-order valence-electron chi connectivity index (χ3n) is 3.67. The molecule has 2 amide bonds. The second-order valence-corrected chi connectivity index (χ2v) is 6.78. The maximum absolute atomic E-state index is 12.5. The summed E-state index contributed by atoms with van der Waals surface area (Å²) in [5.41, 5.74) is 0. The fraction of sp³-hybridized carbons (Fsp3) is 0.846. The molecule has 2 heterocycles. The molecule has 2 aliphatic heterocycles. The second kappa shape index (κ2) is 5.51. The monoisotopic (exact) mass is 270 g/mol. The van der Waals surface area contributed by atoms with Crippen molar-refractivity contribution in [3.05, 3.63) is 0 Å². The number of carbonyl (C=O) groups is 2. The molecule has 0 bridgehead atoms. The number of rotatable bonds is 3. The highest BCUT2D eigenvalue weighted by molar-refractivity contribution is 7.99. The molecule has 2 rings (SSSR count). The van der Waals surface area contributed by atoms with Gasteiger partial charge in [0.15, 0.2) is 0 Å². The van der Waals surface area contributed by atoms with Gasteiger partial charge in [0.05, 0.1) is 0 Å². The highest BCUT2D eigenvalue weighted by Gasteiger charge is 2.42. The molecule has 4 nitrogen and oxygen atoms in total. The maximum atomic E-state index is 12.5. The number of nitrogens with zero attached hydrogens (tertiary/aromatic N) is 1. The molecule has 102 valence electrons. The van der Waals surface area contributed by atoms with Crippen LogP contribution < -0.4 is 5.32 Å². The van der Waals surface area contributed by atoms with Crippen molar-refractivity contribution in [2.75, 3.05) is 11.5 Å². The van der Waals surface area contributed by atoms with Gasteiger partial charge in [0.2, 0.25) is 11.8 Å². The molecule has 0 spiro atoms. The summed E-state index contributed by atoms with van der Waals surface area (Å²) in [4.78, 5) is 26.3. The van der Waals surface area contributed by atoms with Gasteiger partial charge in [0.1, 0.15) is 12.1 Å². The molecule has 2 fully saturated rings. The maximum Gasteiger partial charge on any atom is 0.246 e. The van der Waals surface area contributed by atoms with Gasteiger partial charge in [-0.2, -0.15) is 11.8 Å². The topological polar surface area (TPSA) is 49.4 Å². The number of amides is 2. The van der Waals surface area contributed by atoms with Gasteiger partial charge in [-0.25, -0.2) is 0 Å². The van der Waals surface area contributed by atoms with E-state index in [0.29, 0.717) is 5.92 Å². The molecule has 3 unspecified atom stereocenters. The summed E-state index contributed by atoms with van der Waals surface area (Å²) >= 11 is 1.87. The molecule has 3 atom stereocenters. The normalized spacial score (nSPS) is 33.1. The highest BCUT2D eigenvalue weighted by atomic mass is 32.2. The molecule has 5 heteroatoms. The van der Waals surface area contributed by atoms with Gasteiger partial charge in [-0.1, -0.05) is 13.8 Å². The van der Waals surface area contributed by atoms with Crippen LogP contribution >= 0.6 is 11.8 Å². The van der Waals surface area contributed by atoms with Crippen molar-refractivity contribution in [3.63, 3.8) is 0 Å². The molecule has 0 aromatic rings. The Kier molecular flexibility index (Phi) is 4.20. The summed E-state index contributed by atoms with van der Waals surface area (Å²) in [6.07, 6.45) is 1.75. The molecule has 0 saturated carbocycles. The number of piperazine rings is 1. The van der Waals surface area contributed by atoms with Crippen LogP contribution in [0.5, 0.6) is 0 Å². The van der Waals surface area contributed by atoms with Gasteiger partial charge in [0.25, 0.3) is 0 Å². The van der Waals surface area contributed by atoms with Crippen LogP contribution in [0.2, 0.25) is 0 Å². The van der Waals surface area contributed by atoms with Gasteiger partial charge in [-0.3, -0.25) is 9.59 Å². The SMILES string of the molecule is CC(C)CC1NC(=O)C(C)N(C2CCSC2)C1=O. The minimum atomic E-state index is -0.320. The summed E-state index contributed by atoms with van der Waals surface area (Å²) in [6.45, 7) is 5.99. The Hall–Kier alpha value is -0.710. The lowest BCUT2D eigenvalue weighted by Crippen LogP contribution is -2.65. The first-order valence-electron chi connectivity index (χ1n) is 6.71. The van der Waals surface area contributed by atoms with Crippen molar-refractivity contribution in [2.45, 2.75) is 51.7 Å². The Morgan fingerprint density at radius 2 is 2.17 bits per heavy atom. The average molecular weight is 270 g/mol. The zero-order valence-electron chi connectivity index (χ0n) is 11.3. The summed E-state index contributed by atoms with van der Waals surface area (Å²) in [6, 6.07) is -0.387. The fourth-order valence-corrected chi connectivity index (χ4v) is 3.92. The molecule has 1 N–H and O–H groups in total. The van der Waals surface area contributed by atoms with Crippen LogP contribution in [-0.2, 0) is 9.59 Å². The molecule has 0 aromatic heterocycles. The van der Waals surface area contributed by atoms with E-state index in [4.69, 9.17) is 0 Å². The molecular formula is C13H22N2O2S. The molecule has 2 saturated heterocycles. The van der Waals surface area contributed by atoms with Gasteiger partial charge in [-0.15, -0.1) is 0 Å². The van der Waals surface area contributed by atoms with Crippen molar-refractivity contribution >= 4 is 23.6 Å². The van der Waals surface area contributed by atoms with E-state index in [9.17, 15) is 9.59 Å². The molecule has 0 aromatic carbocycles. The Bertz CT molecular complexity index is 340. The number of nitrogens with one attached hydrogen (secondary N) is 1. The van der Waals surface area contributed by atoms with Crippen molar-refractivity contribution < 1.29 is 9.59 Å². The van der Waals surface area contributed by atoms with E-state index in [-0.39, 0.29) is 29.9 Å². The predicted molar refractivity (Wildman–Crippen MR) is 73.4 cm³/mol. The fourth-order valence-electron chi connectivity index (χ4n) is 2.72. The van der Waals surface area contributed by atoms with Crippen LogP contribution in [0, 0.1) is 5.92 Å². The lowest BCUT2D eigenvalue weighted by molar-refractivity contribution is -0.151. The lowest BCUT2D eigenvalue weighted by atomic mass is 9.97. The second-order valence-electron chi connectivity index (χ2n) is 5.63. The zero-order valence-corrected chi connectivity index (χ0v) is 12.1. The van der Waals surface area contributed by atoms with Gasteiger partial charge < -0.3 is 10.2 Å². The molecule has 2 aliphatic rings. The Morgan fingerprint density at radius 1 is 1.44 bits per heavy atom. The Labute approximate surface area is 113 Å². The van der Waals surface area contributed by atoms with E-state index in [0.717, 1.165) is 24.3 Å². The van der Waals surface area contributed by atoms with Gasteiger partial charge >= 0.3 is 0 Å². The standard InChI is InChI=1S/C13H22N2O2S/c1-8(2)6-11-13(17)15(9(3)12(16)14-11)10-4-5-18-7-10/h8-11H,4-7H2,1-3H3,(H,14,16). The van der Waals surface area contributed by atoms with Gasteiger partial charge in [-0.05, 0) is 31.4 Å². The quantitative estimate of drug-likeness (QED) is 0.840. The third-order valence-corrected chi connectivity index (χ3v) is 4.82. The van der Waals surface area contributed by atoms with Gasteiger partial charge in [0, 0.05) is 11.8 Å². The Balaban J connectivity index is 2.14. The lowest BCUT2D eigenvalue weighted by Gasteiger charge is -2.41. The van der Waals surface area contributed by atoms with Crippen LogP contribution in [0.25, 0.3) is 0 Å². The summed E-state index contributed by atoms with van der Waals surface area (Å²) in [7, 11) is 0.